The molecule has 0 spiro atoms. The first-order valence-electron chi connectivity index (χ1n) is 9.13. The van der Waals surface area contributed by atoms with Gasteiger partial charge in [-0.3, -0.25) is 4.79 Å². The minimum atomic E-state index is -1.38. The molecular formula is C22H20NO6-. The zero-order chi connectivity index (χ0) is 20.6. The lowest BCUT2D eigenvalue weighted by atomic mass is 9.91. The van der Waals surface area contributed by atoms with Crippen LogP contribution in [0, 0.1) is 5.92 Å². The van der Waals surface area contributed by atoms with Crippen molar-refractivity contribution in [2.75, 3.05) is 13.2 Å². The van der Waals surface area contributed by atoms with Crippen LogP contribution in [0.1, 0.15) is 11.1 Å². The summed E-state index contributed by atoms with van der Waals surface area (Å²) in [5, 5.41) is 14.2. The Labute approximate surface area is 167 Å². The van der Waals surface area contributed by atoms with E-state index < -0.39 is 30.4 Å². The third kappa shape index (κ3) is 5.44. The predicted octanol–water partition coefficient (Wildman–Crippen LogP) is 0.739. The van der Waals surface area contributed by atoms with Crippen LogP contribution in [0.5, 0.6) is 0 Å². The number of amides is 1. The summed E-state index contributed by atoms with van der Waals surface area (Å²) in [6.45, 7) is -0.313. The highest BCUT2D eigenvalue weighted by atomic mass is 16.6. The number of esters is 1. The average Bonchev–Trinajstić information content (AvgIpc) is 3.10. The van der Waals surface area contributed by atoms with Gasteiger partial charge >= 0.3 is 5.97 Å². The first kappa shape index (κ1) is 20.1. The molecule has 0 saturated heterocycles. The van der Waals surface area contributed by atoms with Crippen LogP contribution < -0.4 is 10.4 Å². The summed E-state index contributed by atoms with van der Waals surface area (Å²) in [7, 11) is 0. The highest BCUT2D eigenvalue weighted by molar-refractivity contribution is 6.01. The predicted molar refractivity (Wildman–Crippen MR) is 101 cm³/mol. The van der Waals surface area contributed by atoms with Gasteiger partial charge in [0.1, 0.15) is 12.4 Å². The summed E-state index contributed by atoms with van der Waals surface area (Å²) in [6, 6.07) is 18.1. The second-order valence-corrected chi connectivity index (χ2v) is 6.52. The van der Waals surface area contributed by atoms with Crippen LogP contribution in [0.25, 0.3) is 0 Å². The van der Waals surface area contributed by atoms with Gasteiger partial charge in [-0.05, 0) is 17.5 Å². The normalized spacial score (nSPS) is 14.3. The molecule has 1 amide bonds. The van der Waals surface area contributed by atoms with Gasteiger partial charge in [0.15, 0.2) is 6.61 Å². The van der Waals surface area contributed by atoms with Crippen molar-refractivity contribution in [2.24, 2.45) is 5.92 Å². The monoisotopic (exact) mass is 394 g/mol. The van der Waals surface area contributed by atoms with Gasteiger partial charge in [0.05, 0.1) is 12.1 Å². The molecule has 3 rings (SSSR count). The van der Waals surface area contributed by atoms with Gasteiger partial charge < -0.3 is 24.7 Å². The standard InChI is InChI=1S/C22H21NO6/c24-19(29-13-16-9-5-2-6-10-16)14-28-18-12-23-21(25)20(18)17(22(26)27)11-15-7-3-1-4-8-15/h1-10,17H,11-14H2,(H,23,25)(H,26,27)/p-1. The van der Waals surface area contributed by atoms with Gasteiger partial charge in [0.2, 0.25) is 0 Å². The average molecular weight is 394 g/mol. The van der Waals surface area contributed by atoms with Crippen molar-refractivity contribution in [3.8, 4) is 0 Å². The molecule has 0 radical (unpaired) electrons. The van der Waals surface area contributed by atoms with Gasteiger partial charge in [0.25, 0.3) is 5.91 Å². The van der Waals surface area contributed by atoms with E-state index in [4.69, 9.17) is 9.47 Å². The van der Waals surface area contributed by atoms with E-state index in [1.807, 2.05) is 36.4 Å². The number of nitrogens with one attached hydrogen (secondary N) is 1. The maximum absolute atomic E-state index is 12.2. The van der Waals surface area contributed by atoms with Crippen LogP contribution in [0.3, 0.4) is 0 Å². The molecule has 7 heteroatoms. The summed E-state index contributed by atoms with van der Waals surface area (Å²) in [6.07, 6.45) is 0.0806. The Balaban J connectivity index is 1.66. The number of carboxylic acid groups (broad SMARTS) is 1. The Morgan fingerprint density at radius 3 is 2.24 bits per heavy atom. The molecule has 2 aromatic carbocycles. The molecule has 29 heavy (non-hydrogen) atoms. The van der Waals surface area contributed by atoms with Gasteiger partial charge in [-0.25, -0.2) is 4.79 Å². The molecule has 7 nitrogen and oxygen atoms in total. The molecule has 0 bridgehead atoms. The summed E-state index contributed by atoms with van der Waals surface area (Å²) in [5.41, 5.74) is 1.55. The van der Waals surface area contributed by atoms with Crippen molar-refractivity contribution in [3.05, 3.63) is 83.1 Å². The summed E-state index contributed by atoms with van der Waals surface area (Å²) >= 11 is 0. The first-order chi connectivity index (χ1) is 14.0. The molecule has 1 N–H and O–H groups in total. The first-order valence-corrected chi connectivity index (χ1v) is 9.13. The fraction of sp³-hybridized carbons (Fsp3) is 0.227. The molecule has 150 valence electrons. The van der Waals surface area contributed by atoms with Crippen molar-refractivity contribution < 1.29 is 29.0 Å². The lowest BCUT2D eigenvalue weighted by Gasteiger charge is -2.19. The van der Waals surface area contributed by atoms with Gasteiger partial charge in [-0.15, -0.1) is 0 Å². The number of carbonyl (C=O) groups is 3. The van der Waals surface area contributed by atoms with Gasteiger partial charge in [-0.1, -0.05) is 60.7 Å². The third-order valence-corrected chi connectivity index (χ3v) is 4.48. The maximum Gasteiger partial charge on any atom is 0.344 e. The molecule has 1 unspecified atom stereocenters. The van der Waals surface area contributed by atoms with Crippen molar-refractivity contribution in [2.45, 2.75) is 13.0 Å². The van der Waals surface area contributed by atoms with Crippen molar-refractivity contribution in [3.63, 3.8) is 0 Å². The van der Waals surface area contributed by atoms with Crippen molar-refractivity contribution in [1.29, 1.82) is 0 Å². The van der Waals surface area contributed by atoms with Gasteiger partial charge in [-0.2, -0.15) is 0 Å². The highest BCUT2D eigenvalue weighted by Gasteiger charge is 2.32. The molecule has 1 heterocycles. The van der Waals surface area contributed by atoms with Crippen LogP contribution in [0.2, 0.25) is 0 Å². The van der Waals surface area contributed by atoms with E-state index in [1.54, 1.807) is 24.3 Å². The minimum absolute atomic E-state index is 0.0126. The largest absolute Gasteiger partial charge is 0.549 e. The van der Waals surface area contributed by atoms with E-state index >= 15 is 0 Å². The molecular weight excluding hydrogens is 374 g/mol. The van der Waals surface area contributed by atoms with E-state index in [0.29, 0.717) is 0 Å². The summed E-state index contributed by atoms with van der Waals surface area (Å²) in [4.78, 5) is 35.9. The molecule has 0 fully saturated rings. The van der Waals surface area contributed by atoms with Crippen LogP contribution in [-0.4, -0.2) is 31.0 Å². The van der Waals surface area contributed by atoms with Gasteiger partial charge in [0, 0.05) is 11.9 Å². The van der Waals surface area contributed by atoms with Crippen LogP contribution >= 0.6 is 0 Å². The van der Waals surface area contributed by atoms with Crippen molar-refractivity contribution in [1.82, 2.24) is 5.32 Å². The molecule has 1 atom stereocenters. The highest BCUT2D eigenvalue weighted by Crippen LogP contribution is 2.24. The fourth-order valence-corrected chi connectivity index (χ4v) is 3.04. The topological polar surface area (TPSA) is 105 Å². The second-order valence-electron chi connectivity index (χ2n) is 6.52. The molecule has 1 aliphatic rings. The Morgan fingerprint density at radius 1 is 1.00 bits per heavy atom. The molecule has 1 aliphatic heterocycles. The van der Waals surface area contributed by atoms with E-state index in [9.17, 15) is 19.5 Å². The van der Waals surface area contributed by atoms with Crippen molar-refractivity contribution >= 4 is 17.8 Å². The van der Waals surface area contributed by atoms with Crippen LogP contribution in [0.15, 0.2) is 72.0 Å². The molecule has 0 aliphatic carbocycles. The SMILES string of the molecule is O=C(COC1=C(C(Cc2ccccc2)C(=O)[O-])C(=O)NC1)OCc1ccccc1. The molecule has 2 aromatic rings. The Bertz CT molecular complexity index is 907. The number of ether oxygens (including phenoxy) is 2. The second kappa shape index (κ2) is 9.54. The zero-order valence-corrected chi connectivity index (χ0v) is 15.6. The Hall–Kier alpha value is -3.61. The lowest BCUT2D eigenvalue weighted by Crippen LogP contribution is -2.36. The smallest absolute Gasteiger partial charge is 0.344 e. The van der Waals surface area contributed by atoms with Crippen LogP contribution in [0.4, 0.5) is 0 Å². The lowest BCUT2D eigenvalue weighted by molar-refractivity contribution is -0.310. The quantitative estimate of drug-likeness (QED) is 0.629. The molecule has 0 saturated carbocycles. The number of benzene rings is 2. The number of carbonyl (C=O) groups excluding carboxylic acids is 3. The number of hydrogen-bond acceptors (Lipinski definition) is 6. The maximum atomic E-state index is 12.2. The Kier molecular flexibility index (Phi) is 6.63. The van der Waals surface area contributed by atoms with E-state index in [2.05, 4.69) is 5.32 Å². The zero-order valence-electron chi connectivity index (χ0n) is 15.6. The number of carboxylic acids is 1. The number of rotatable bonds is 9. The van der Waals surface area contributed by atoms with E-state index in [-0.39, 0.29) is 30.9 Å². The number of hydrogen-bond donors (Lipinski definition) is 1. The molecule has 0 aromatic heterocycles. The Morgan fingerprint density at radius 2 is 1.62 bits per heavy atom. The third-order valence-electron chi connectivity index (χ3n) is 4.48. The summed E-state index contributed by atoms with van der Waals surface area (Å²) in [5.74, 6) is -3.60. The van der Waals surface area contributed by atoms with Crippen LogP contribution in [-0.2, 0) is 36.9 Å². The number of aliphatic carboxylic acids is 1. The summed E-state index contributed by atoms with van der Waals surface area (Å²) < 4.78 is 10.6. The minimum Gasteiger partial charge on any atom is -0.549 e. The fourth-order valence-electron chi connectivity index (χ4n) is 3.04. The van der Waals surface area contributed by atoms with E-state index in [1.165, 1.54) is 0 Å². The van der Waals surface area contributed by atoms with E-state index in [0.717, 1.165) is 11.1 Å².